The van der Waals surface area contributed by atoms with Crippen LogP contribution < -0.4 is 0 Å². The van der Waals surface area contributed by atoms with Crippen LogP contribution in [0.15, 0.2) is 11.6 Å². The molecule has 0 amide bonds. The molecule has 3 nitrogen and oxygen atoms in total. The van der Waals surface area contributed by atoms with Gasteiger partial charge in [-0.25, -0.2) is 0 Å². The van der Waals surface area contributed by atoms with Gasteiger partial charge in [-0.15, -0.1) is 0 Å². The van der Waals surface area contributed by atoms with Crippen molar-refractivity contribution in [3.05, 3.63) is 11.6 Å². The standard InChI is InChI=1S/C20H30O3/c1-12(21)23-19-8-7-18-17-5-3-13-11-14(22)4-6-15(13)16(17)9-10-20(18,19)2/h3,14-19,22H,4-11H2,1-2H3/t14-,15-,16+,17+,18-,19-,20-/m0/s1. The lowest BCUT2D eigenvalue weighted by Crippen LogP contribution is -2.48. The largest absolute Gasteiger partial charge is 0.462 e. The van der Waals surface area contributed by atoms with Crippen molar-refractivity contribution in [3.8, 4) is 0 Å². The number of aliphatic hydroxyl groups excluding tert-OH is 1. The molecule has 3 heteroatoms. The van der Waals surface area contributed by atoms with Gasteiger partial charge in [-0.1, -0.05) is 18.6 Å². The van der Waals surface area contributed by atoms with E-state index in [-0.39, 0.29) is 23.6 Å². The minimum atomic E-state index is -0.119. The van der Waals surface area contributed by atoms with Gasteiger partial charge in [0.1, 0.15) is 6.10 Å². The second-order valence-corrected chi connectivity index (χ2v) is 8.71. The maximum Gasteiger partial charge on any atom is 0.302 e. The number of carbonyl (C=O) groups excluding carboxylic acids is 1. The molecule has 4 rings (SSSR count). The van der Waals surface area contributed by atoms with Crippen molar-refractivity contribution in [2.45, 2.75) is 77.4 Å². The van der Waals surface area contributed by atoms with Gasteiger partial charge >= 0.3 is 5.97 Å². The summed E-state index contributed by atoms with van der Waals surface area (Å²) in [5.41, 5.74) is 1.73. The molecule has 0 aromatic rings. The minimum absolute atomic E-state index is 0.109. The van der Waals surface area contributed by atoms with E-state index in [0.717, 1.165) is 37.0 Å². The normalized spacial score (nSPS) is 48.7. The maximum absolute atomic E-state index is 11.5. The quantitative estimate of drug-likeness (QED) is 0.590. The highest BCUT2D eigenvalue weighted by molar-refractivity contribution is 5.66. The Balaban J connectivity index is 1.57. The number of ether oxygens (including phenoxy) is 1. The van der Waals surface area contributed by atoms with Crippen LogP contribution in [0.5, 0.6) is 0 Å². The summed E-state index contributed by atoms with van der Waals surface area (Å²) in [5.74, 6) is 2.87. The summed E-state index contributed by atoms with van der Waals surface area (Å²) < 4.78 is 5.70. The van der Waals surface area contributed by atoms with E-state index < -0.39 is 0 Å². The number of aliphatic hydroxyl groups is 1. The van der Waals surface area contributed by atoms with Crippen LogP contribution in [0.3, 0.4) is 0 Å². The predicted molar refractivity (Wildman–Crippen MR) is 88.6 cm³/mol. The van der Waals surface area contributed by atoms with Gasteiger partial charge in [-0.2, -0.15) is 0 Å². The smallest absolute Gasteiger partial charge is 0.302 e. The Bertz CT molecular complexity index is 525. The number of esters is 1. The topological polar surface area (TPSA) is 46.5 Å². The van der Waals surface area contributed by atoms with Crippen molar-refractivity contribution in [1.29, 1.82) is 0 Å². The average Bonchev–Trinajstić information content (AvgIpc) is 2.83. The Morgan fingerprint density at radius 2 is 2.04 bits per heavy atom. The molecular formula is C20H30O3. The number of fused-ring (bicyclic) bond motifs is 5. The fraction of sp³-hybridized carbons (Fsp3) is 0.850. The van der Waals surface area contributed by atoms with Crippen molar-refractivity contribution in [1.82, 2.24) is 0 Å². The van der Waals surface area contributed by atoms with Gasteiger partial charge in [0.25, 0.3) is 0 Å². The zero-order valence-electron chi connectivity index (χ0n) is 14.5. The van der Waals surface area contributed by atoms with Crippen LogP contribution in [0.4, 0.5) is 0 Å². The third-order valence-electron chi connectivity index (χ3n) is 7.64. The Morgan fingerprint density at radius 3 is 2.83 bits per heavy atom. The van der Waals surface area contributed by atoms with E-state index in [0.29, 0.717) is 5.92 Å². The van der Waals surface area contributed by atoms with Crippen molar-refractivity contribution >= 4 is 5.97 Å². The second kappa shape index (κ2) is 5.61. The van der Waals surface area contributed by atoms with Gasteiger partial charge in [-0.3, -0.25) is 4.79 Å². The van der Waals surface area contributed by atoms with Crippen LogP contribution in [0.1, 0.15) is 65.2 Å². The van der Waals surface area contributed by atoms with Crippen LogP contribution in [0, 0.1) is 29.1 Å². The Morgan fingerprint density at radius 1 is 1.22 bits per heavy atom. The van der Waals surface area contributed by atoms with E-state index in [9.17, 15) is 9.90 Å². The third kappa shape index (κ3) is 2.47. The van der Waals surface area contributed by atoms with Crippen molar-refractivity contribution < 1.29 is 14.6 Å². The van der Waals surface area contributed by atoms with Gasteiger partial charge in [0.2, 0.25) is 0 Å². The molecule has 3 saturated carbocycles. The van der Waals surface area contributed by atoms with Crippen LogP contribution in [-0.2, 0) is 9.53 Å². The average molecular weight is 318 g/mol. The summed E-state index contributed by atoms with van der Waals surface area (Å²) in [4.78, 5) is 11.5. The van der Waals surface area contributed by atoms with Gasteiger partial charge in [0.05, 0.1) is 6.10 Å². The van der Waals surface area contributed by atoms with Crippen LogP contribution in [0.25, 0.3) is 0 Å². The molecule has 0 radical (unpaired) electrons. The van der Waals surface area contributed by atoms with E-state index >= 15 is 0 Å². The molecular weight excluding hydrogens is 288 g/mol. The molecule has 0 spiro atoms. The molecule has 0 aromatic heterocycles. The number of rotatable bonds is 1. The minimum Gasteiger partial charge on any atom is -0.462 e. The molecule has 3 fully saturated rings. The first-order valence-corrected chi connectivity index (χ1v) is 9.53. The fourth-order valence-electron chi connectivity index (χ4n) is 6.60. The molecule has 4 aliphatic rings. The molecule has 23 heavy (non-hydrogen) atoms. The van der Waals surface area contributed by atoms with Crippen LogP contribution >= 0.6 is 0 Å². The monoisotopic (exact) mass is 318 g/mol. The van der Waals surface area contributed by atoms with E-state index in [1.165, 1.54) is 32.1 Å². The van der Waals surface area contributed by atoms with Gasteiger partial charge in [0, 0.05) is 12.3 Å². The van der Waals surface area contributed by atoms with E-state index in [1.54, 1.807) is 12.5 Å². The molecule has 4 aliphatic carbocycles. The highest BCUT2D eigenvalue weighted by Crippen LogP contribution is 2.61. The Labute approximate surface area is 139 Å². The molecule has 0 unspecified atom stereocenters. The first-order chi connectivity index (χ1) is 11.0. The summed E-state index contributed by atoms with van der Waals surface area (Å²) in [6, 6.07) is 0. The number of hydrogen-bond donors (Lipinski definition) is 1. The summed E-state index contributed by atoms with van der Waals surface area (Å²) >= 11 is 0. The predicted octanol–water partition coefficient (Wildman–Crippen LogP) is 3.85. The fourth-order valence-corrected chi connectivity index (χ4v) is 6.60. The van der Waals surface area contributed by atoms with E-state index in [1.807, 2.05) is 0 Å². The number of carbonyl (C=O) groups is 1. The molecule has 0 aliphatic heterocycles. The maximum atomic E-state index is 11.5. The first-order valence-electron chi connectivity index (χ1n) is 9.53. The van der Waals surface area contributed by atoms with Gasteiger partial charge in [-0.05, 0) is 75.0 Å². The lowest BCUT2D eigenvalue weighted by Gasteiger charge is -2.53. The lowest BCUT2D eigenvalue weighted by molar-refractivity contribution is -0.155. The SMILES string of the molecule is CC(=O)O[C@H]1CC[C@H]2[C@@H]3CC=C4C[C@@H](O)CC[C@@H]4[C@H]3CC[C@]12C. The highest BCUT2D eigenvalue weighted by Gasteiger charge is 2.57. The number of allylic oxidation sites excluding steroid dienone is 1. The lowest BCUT2D eigenvalue weighted by atomic mass is 9.53. The zero-order valence-corrected chi connectivity index (χ0v) is 14.5. The first kappa shape index (κ1) is 15.7. The molecule has 7 atom stereocenters. The molecule has 1 N–H and O–H groups in total. The summed E-state index contributed by atoms with van der Waals surface area (Å²) in [5, 5.41) is 9.96. The molecule has 128 valence electrons. The summed E-state index contributed by atoms with van der Waals surface area (Å²) in [7, 11) is 0. The second-order valence-electron chi connectivity index (χ2n) is 8.71. The van der Waals surface area contributed by atoms with Gasteiger partial charge < -0.3 is 9.84 Å². The van der Waals surface area contributed by atoms with Crippen molar-refractivity contribution in [2.24, 2.45) is 29.1 Å². The zero-order chi connectivity index (χ0) is 16.2. The van der Waals surface area contributed by atoms with E-state index in [4.69, 9.17) is 4.74 Å². The van der Waals surface area contributed by atoms with Gasteiger partial charge in [0.15, 0.2) is 0 Å². The molecule has 0 aromatic carbocycles. The number of hydrogen-bond acceptors (Lipinski definition) is 3. The Kier molecular flexibility index (Phi) is 3.83. The molecule has 0 bridgehead atoms. The van der Waals surface area contributed by atoms with E-state index in [2.05, 4.69) is 13.0 Å². The van der Waals surface area contributed by atoms with Crippen LogP contribution in [0.2, 0.25) is 0 Å². The summed E-state index contributed by atoms with van der Waals surface area (Å²) in [6.45, 7) is 3.92. The van der Waals surface area contributed by atoms with Crippen LogP contribution in [-0.4, -0.2) is 23.3 Å². The molecule has 0 saturated heterocycles. The molecule has 0 heterocycles. The third-order valence-corrected chi connectivity index (χ3v) is 7.64. The highest BCUT2D eigenvalue weighted by atomic mass is 16.5. The van der Waals surface area contributed by atoms with Crippen molar-refractivity contribution in [2.75, 3.05) is 0 Å². The van der Waals surface area contributed by atoms with Crippen molar-refractivity contribution in [3.63, 3.8) is 0 Å². The summed E-state index contributed by atoms with van der Waals surface area (Å²) in [6.07, 6.45) is 11.4. The Hall–Kier alpha value is -0.830.